The molecule has 1 unspecified atom stereocenters. The van der Waals surface area contributed by atoms with E-state index in [1.165, 1.54) is 41.6 Å². The highest BCUT2D eigenvalue weighted by Gasteiger charge is 2.40. The lowest BCUT2D eigenvalue weighted by Crippen LogP contribution is -2.55. The van der Waals surface area contributed by atoms with Crippen molar-refractivity contribution in [2.75, 3.05) is 31.6 Å². The number of carboxylic acids is 1. The minimum atomic E-state index is -0.753. The second-order valence-corrected chi connectivity index (χ2v) is 10.2. The number of ether oxygens (including phenoxy) is 1. The molecule has 6 heteroatoms. The Morgan fingerprint density at radius 1 is 1.21 bits per heavy atom. The molecule has 0 radical (unpaired) electrons. The van der Waals surface area contributed by atoms with Crippen molar-refractivity contribution < 1.29 is 14.6 Å². The van der Waals surface area contributed by atoms with E-state index in [9.17, 15) is 9.90 Å². The molecule has 3 heterocycles. The van der Waals surface area contributed by atoms with E-state index in [0.717, 1.165) is 56.6 Å². The molecular weight excluding hydrogens is 426 g/mol. The van der Waals surface area contributed by atoms with Crippen molar-refractivity contribution in [2.24, 2.45) is 0 Å². The zero-order valence-corrected chi connectivity index (χ0v) is 20.3. The Morgan fingerprint density at radius 2 is 2.06 bits per heavy atom. The van der Waals surface area contributed by atoms with Crippen molar-refractivity contribution in [1.29, 1.82) is 0 Å². The third-order valence-electron chi connectivity index (χ3n) is 7.50. The van der Waals surface area contributed by atoms with E-state index in [2.05, 4.69) is 35.3 Å². The van der Waals surface area contributed by atoms with E-state index in [1.807, 2.05) is 12.1 Å². The number of unbranched alkanes of at least 4 members (excludes halogenated alkanes) is 2. The van der Waals surface area contributed by atoms with Crippen LogP contribution in [0.2, 0.25) is 0 Å². The first-order valence-electron chi connectivity index (χ1n) is 13.0. The Kier molecular flexibility index (Phi) is 7.16. The second-order valence-electron chi connectivity index (χ2n) is 10.2. The summed E-state index contributed by atoms with van der Waals surface area (Å²) in [6, 6.07) is 9.96. The number of pyridine rings is 1. The van der Waals surface area contributed by atoms with Gasteiger partial charge in [0.15, 0.2) is 0 Å². The number of fused-ring (bicyclic) bond motifs is 1. The Bertz CT molecular complexity index is 1010. The lowest BCUT2D eigenvalue weighted by atomic mass is 9.90. The number of nitrogens with zero attached hydrogens (tertiary/aromatic N) is 2. The molecule has 2 aromatic rings. The SMILES string of the molecule is Cc1cccc(C(C(=O)O)N2CC(OCCCCCc3ccc4c(n3)NCCC4)C2)c1C1CC1. The first kappa shape index (κ1) is 23.3. The normalized spacial score (nSPS) is 19.2. The topological polar surface area (TPSA) is 74.7 Å². The van der Waals surface area contributed by atoms with Gasteiger partial charge in [0, 0.05) is 31.9 Å². The maximum absolute atomic E-state index is 12.2. The molecule has 5 rings (SSSR count). The van der Waals surface area contributed by atoms with Gasteiger partial charge in [-0.05, 0) is 86.1 Å². The van der Waals surface area contributed by atoms with E-state index < -0.39 is 12.0 Å². The van der Waals surface area contributed by atoms with Gasteiger partial charge in [0.05, 0.1) is 6.10 Å². The summed E-state index contributed by atoms with van der Waals surface area (Å²) in [6.07, 6.45) is 9.09. The molecule has 0 bridgehead atoms. The van der Waals surface area contributed by atoms with Crippen molar-refractivity contribution in [1.82, 2.24) is 9.88 Å². The smallest absolute Gasteiger partial charge is 0.325 e. The molecule has 1 aromatic heterocycles. The fourth-order valence-corrected chi connectivity index (χ4v) is 5.49. The maximum Gasteiger partial charge on any atom is 0.325 e. The highest BCUT2D eigenvalue weighted by atomic mass is 16.5. The van der Waals surface area contributed by atoms with Gasteiger partial charge in [-0.15, -0.1) is 0 Å². The summed E-state index contributed by atoms with van der Waals surface area (Å²) in [4.78, 5) is 19.0. The zero-order valence-electron chi connectivity index (χ0n) is 20.3. The van der Waals surface area contributed by atoms with Crippen LogP contribution in [0.5, 0.6) is 0 Å². The molecule has 1 saturated carbocycles. The number of aliphatic carboxylic acids is 1. The van der Waals surface area contributed by atoms with E-state index >= 15 is 0 Å². The third-order valence-corrected chi connectivity index (χ3v) is 7.50. The van der Waals surface area contributed by atoms with Crippen LogP contribution in [0.4, 0.5) is 5.82 Å². The average molecular weight is 464 g/mol. The molecular formula is C28H37N3O3. The highest BCUT2D eigenvalue weighted by molar-refractivity contribution is 5.77. The maximum atomic E-state index is 12.2. The average Bonchev–Trinajstić information content (AvgIpc) is 3.64. The number of likely N-dealkylation sites (tertiary alicyclic amines) is 1. The molecule has 2 N–H and O–H groups in total. The molecule has 182 valence electrons. The molecule has 6 nitrogen and oxygen atoms in total. The number of aryl methyl sites for hydroxylation is 3. The monoisotopic (exact) mass is 463 g/mol. The first-order valence-corrected chi connectivity index (χ1v) is 13.0. The van der Waals surface area contributed by atoms with Crippen molar-refractivity contribution in [3.63, 3.8) is 0 Å². The summed E-state index contributed by atoms with van der Waals surface area (Å²) < 4.78 is 6.05. The summed E-state index contributed by atoms with van der Waals surface area (Å²) in [7, 11) is 0. The molecule has 34 heavy (non-hydrogen) atoms. The number of benzene rings is 1. The number of rotatable bonds is 11. The number of aromatic nitrogens is 1. The predicted molar refractivity (Wildman–Crippen MR) is 133 cm³/mol. The third kappa shape index (κ3) is 5.28. The molecule has 0 spiro atoms. The quantitative estimate of drug-likeness (QED) is 0.464. The molecule has 2 fully saturated rings. The molecule has 3 aliphatic rings. The van der Waals surface area contributed by atoms with Gasteiger partial charge in [0.25, 0.3) is 0 Å². The number of anilines is 1. The Morgan fingerprint density at radius 3 is 2.85 bits per heavy atom. The van der Waals surface area contributed by atoms with Gasteiger partial charge in [0.1, 0.15) is 11.9 Å². The molecule has 1 aromatic carbocycles. The fourth-order valence-electron chi connectivity index (χ4n) is 5.49. The van der Waals surface area contributed by atoms with Crippen LogP contribution in [0.1, 0.15) is 78.4 Å². The van der Waals surface area contributed by atoms with Gasteiger partial charge in [-0.2, -0.15) is 0 Å². The van der Waals surface area contributed by atoms with E-state index in [0.29, 0.717) is 19.0 Å². The summed E-state index contributed by atoms with van der Waals surface area (Å²) in [5, 5.41) is 13.4. The summed E-state index contributed by atoms with van der Waals surface area (Å²) in [5.74, 6) is 0.868. The number of hydrogen-bond donors (Lipinski definition) is 2. The lowest BCUT2D eigenvalue weighted by Gasteiger charge is -2.43. The van der Waals surface area contributed by atoms with Crippen LogP contribution in [-0.4, -0.2) is 53.3 Å². The number of carbonyl (C=O) groups is 1. The summed E-state index contributed by atoms with van der Waals surface area (Å²) in [6.45, 7) is 5.27. The van der Waals surface area contributed by atoms with Gasteiger partial charge >= 0.3 is 5.97 Å². The molecule has 2 aliphatic heterocycles. The van der Waals surface area contributed by atoms with Crippen molar-refractivity contribution in [3.05, 3.63) is 58.3 Å². The van der Waals surface area contributed by atoms with Crippen LogP contribution in [0.15, 0.2) is 30.3 Å². The standard InChI is InChI=1S/C28H37N3O3/c1-19-7-5-10-24(25(19)20-11-12-20)26(28(32)33)31-17-23(18-31)34-16-4-2-3-9-22-14-13-21-8-6-15-29-27(21)30-22/h5,7,10,13-14,20,23,26H,2-4,6,8-9,11-12,15-18H2,1H3,(H,29,30)(H,32,33). The van der Waals surface area contributed by atoms with Gasteiger partial charge in [-0.25, -0.2) is 4.98 Å². The second kappa shape index (κ2) is 10.4. The minimum Gasteiger partial charge on any atom is -0.480 e. The Labute approximate surface area is 202 Å². The van der Waals surface area contributed by atoms with Crippen molar-refractivity contribution >= 4 is 11.8 Å². The van der Waals surface area contributed by atoms with Gasteiger partial charge in [-0.3, -0.25) is 9.69 Å². The summed E-state index contributed by atoms with van der Waals surface area (Å²) in [5.41, 5.74) is 5.99. The predicted octanol–water partition coefficient (Wildman–Crippen LogP) is 4.87. The van der Waals surface area contributed by atoms with Crippen LogP contribution in [0.3, 0.4) is 0 Å². The minimum absolute atomic E-state index is 0.143. The van der Waals surface area contributed by atoms with E-state index in [1.54, 1.807) is 0 Å². The number of carboxylic acid groups (broad SMARTS) is 1. The fraction of sp³-hybridized carbons (Fsp3) is 0.571. The Balaban J connectivity index is 1.03. The molecule has 1 atom stereocenters. The van der Waals surface area contributed by atoms with Crippen molar-refractivity contribution in [2.45, 2.75) is 76.4 Å². The van der Waals surface area contributed by atoms with Gasteiger partial charge < -0.3 is 15.2 Å². The highest BCUT2D eigenvalue weighted by Crippen LogP contribution is 2.46. The van der Waals surface area contributed by atoms with E-state index in [-0.39, 0.29) is 6.10 Å². The zero-order chi connectivity index (χ0) is 23.5. The van der Waals surface area contributed by atoms with Gasteiger partial charge in [0.2, 0.25) is 0 Å². The molecule has 1 saturated heterocycles. The van der Waals surface area contributed by atoms with Crippen LogP contribution in [0.25, 0.3) is 0 Å². The van der Waals surface area contributed by atoms with Gasteiger partial charge in [-0.1, -0.05) is 30.7 Å². The van der Waals surface area contributed by atoms with Crippen LogP contribution in [0, 0.1) is 6.92 Å². The van der Waals surface area contributed by atoms with Crippen LogP contribution in [-0.2, 0) is 22.4 Å². The van der Waals surface area contributed by atoms with E-state index in [4.69, 9.17) is 9.72 Å². The summed E-state index contributed by atoms with van der Waals surface area (Å²) >= 11 is 0. The lowest BCUT2D eigenvalue weighted by molar-refractivity contribution is -0.151. The molecule has 1 aliphatic carbocycles. The number of nitrogens with one attached hydrogen (secondary N) is 1. The van der Waals surface area contributed by atoms with Crippen molar-refractivity contribution in [3.8, 4) is 0 Å². The molecule has 0 amide bonds. The first-order chi connectivity index (χ1) is 16.6. The van der Waals surface area contributed by atoms with Crippen LogP contribution < -0.4 is 5.32 Å². The number of hydrogen-bond acceptors (Lipinski definition) is 5. The Hall–Kier alpha value is -2.44. The largest absolute Gasteiger partial charge is 0.480 e. The van der Waals surface area contributed by atoms with Crippen LogP contribution >= 0.6 is 0 Å².